The SMILES string of the molecule is CC(C)n1cc(CN2CCCN(C(=O)Cc3cccs3)CC2)cn1. The standard InChI is InChI=1S/C18H26N4OS/c1-15(2)22-14-16(12-19-22)13-20-6-4-7-21(9-8-20)18(23)11-17-5-3-10-24-17/h3,5,10,12,14-15H,4,6-9,11,13H2,1-2H3. The highest BCUT2D eigenvalue weighted by molar-refractivity contribution is 7.10. The third-order valence-corrected chi connectivity index (χ3v) is 5.31. The van der Waals surface area contributed by atoms with E-state index >= 15 is 0 Å². The summed E-state index contributed by atoms with van der Waals surface area (Å²) in [6.45, 7) is 8.85. The average Bonchev–Trinajstić information content (AvgIpc) is 3.16. The number of hydrogen-bond acceptors (Lipinski definition) is 4. The van der Waals surface area contributed by atoms with E-state index < -0.39 is 0 Å². The zero-order chi connectivity index (χ0) is 16.9. The van der Waals surface area contributed by atoms with Gasteiger partial charge in [0.15, 0.2) is 0 Å². The van der Waals surface area contributed by atoms with Crippen LogP contribution in [-0.4, -0.2) is 51.7 Å². The van der Waals surface area contributed by atoms with Gasteiger partial charge in [0.2, 0.25) is 5.91 Å². The molecular formula is C18H26N4OS. The molecule has 24 heavy (non-hydrogen) atoms. The van der Waals surface area contributed by atoms with Crippen LogP contribution in [0.4, 0.5) is 0 Å². The van der Waals surface area contributed by atoms with Crippen LogP contribution in [0, 0.1) is 0 Å². The predicted molar refractivity (Wildman–Crippen MR) is 97.1 cm³/mol. The molecule has 3 rings (SSSR count). The van der Waals surface area contributed by atoms with E-state index in [1.165, 1.54) is 5.56 Å². The molecule has 1 aliphatic rings. The first-order chi connectivity index (χ1) is 11.6. The molecule has 0 bridgehead atoms. The van der Waals surface area contributed by atoms with Crippen molar-refractivity contribution < 1.29 is 4.79 Å². The molecule has 0 saturated carbocycles. The molecule has 3 heterocycles. The minimum atomic E-state index is 0.256. The Morgan fingerprint density at radius 2 is 2.17 bits per heavy atom. The van der Waals surface area contributed by atoms with E-state index in [1.807, 2.05) is 33.3 Å². The van der Waals surface area contributed by atoms with Gasteiger partial charge in [-0.05, 0) is 31.7 Å². The van der Waals surface area contributed by atoms with Gasteiger partial charge in [-0.15, -0.1) is 11.3 Å². The molecule has 2 aromatic rings. The fourth-order valence-electron chi connectivity index (χ4n) is 3.05. The highest BCUT2D eigenvalue weighted by Crippen LogP contribution is 2.14. The second-order valence-electron chi connectivity index (χ2n) is 6.69. The Morgan fingerprint density at radius 1 is 1.29 bits per heavy atom. The molecule has 0 radical (unpaired) electrons. The van der Waals surface area contributed by atoms with Crippen molar-refractivity contribution in [2.24, 2.45) is 0 Å². The summed E-state index contributed by atoms with van der Waals surface area (Å²) >= 11 is 1.66. The third kappa shape index (κ3) is 4.45. The molecular weight excluding hydrogens is 320 g/mol. The van der Waals surface area contributed by atoms with Gasteiger partial charge in [-0.1, -0.05) is 6.07 Å². The molecule has 0 aromatic carbocycles. The van der Waals surface area contributed by atoms with Crippen molar-refractivity contribution in [3.8, 4) is 0 Å². The van der Waals surface area contributed by atoms with Gasteiger partial charge in [-0.3, -0.25) is 14.4 Å². The van der Waals surface area contributed by atoms with E-state index in [4.69, 9.17) is 0 Å². The van der Waals surface area contributed by atoms with E-state index in [0.717, 1.165) is 44.0 Å². The van der Waals surface area contributed by atoms with Crippen molar-refractivity contribution >= 4 is 17.2 Å². The monoisotopic (exact) mass is 346 g/mol. The molecule has 0 aliphatic carbocycles. The molecule has 0 spiro atoms. The van der Waals surface area contributed by atoms with Crippen LogP contribution in [0.25, 0.3) is 0 Å². The zero-order valence-electron chi connectivity index (χ0n) is 14.5. The Kier molecular flexibility index (Phi) is 5.68. The number of hydrogen-bond donors (Lipinski definition) is 0. The minimum Gasteiger partial charge on any atom is -0.341 e. The van der Waals surface area contributed by atoms with Gasteiger partial charge in [-0.25, -0.2) is 0 Å². The Balaban J connectivity index is 1.51. The summed E-state index contributed by atoms with van der Waals surface area (Å²) in [6, 6.07) is 4.45. The van der Waals surface area contributed by atoms with Crippen molar-refractivity contribution in [2.75, 3.05) is 26.2 Å². The molecule has 130 valence electrons. The lowest BCUT2D eigenvalue weighted by Crippen LogP contribution is -2.35. The molecule has 1 fully saturated rings. The molecule has 5 nitrogen and oxygen atoms in total. The number of thiophene rings is 1. The first-order valence-corrected chi connectivity index (χ1v) is 9.55. The Bertz CT molecular complexity index is 650. The second kappa shape index (κ2) is 7.94. The topological polar surface area (TPSA) is 41.4 Å². The van der Waals surface area contributed by atoms with Crippen molar-refractivity contribution in [3.63, 3.8) is 0 Å². The largest absolute Gasteiger partial charge is 0.341 e. The number of nitrogens with zero attached hydrogens (tertiary/aromatic N) is 4. The number of carbonyl (C=O) groups excluding carboxylic acids is 1. The third-order valence-electron chi connectivity index (χ3n) is 4.44. The van der Waals surface area contributed by atoms with Crippen molar-refractivity contribution in [1.29, 1.82) is 0 Å². The summed E-state index contributed by atoms with van der Waals surface area (Å²) < 4.78 is 2.00. The summed E-state index contributed by atoms with van der Waals surface area (Å²) in [4.78, 5) is 18.1. The van der Waals surface area contributed by atoms with Gasteiger partial charge >= 0.3 is 0 Å². The van der Waals surface area contributed by atoms with Crippen LogP contribution in [0.3, 0.4) is 0 Å². The Labute approximate surface area is 147 Å². The van der Waals surface area contributed by atoms with E-state index in [0.29, 0.717) is 12.5 Å². The minimum absolute atomic E-state index is 0.256. The van der Waals surface area contributed by atoms with Crippen molar-refractivity contribution in [2.45, 2.75) is 39.3 Å². The first-order valence-electron chi connectivity index (χ1n) is 8.67. The van der Waals surface area contributed by atoms with E-state index in [1.54, 1.807) is 11.3 Å². The van der Waals surface area contributed by atoms with Gasteiger partial charge in [0, 0.05) is 55.4 Å². The van der Waals surface area contributed by atoms with Gasteiger partial charge in [0.1, 0.15) is 0 Å². The highest BCUT2D eigenvalue weighted by Gasteiger charge is 2.20. The lowest BCUT2D eigenvalue weighted by Gasteiger charge is -2.21. The molecule has 1 aliphatic heterocycles. The fraction of sp³-hybridized carbons (Fsp3) is 0.556. The van der Waals surface area contributed by atoms with Crippen LogP contribution in [-0.2, 0) is 17.8 Å². The lowest BCUT2D eigenvalue weighted by atomic mass is 10.3. The maximum absolute atomic E-state index is 12.5. The number of amides is 1. The maximum Gasteiger partial charge on any atom is 0.227 e. The fourth-order valence-corrected chi connectivity index (χ4v) is 3.75. The van der Waals surface area contributed by atoms with Gasteiger partial charge in [-0.2, -0.15) is 5.10 Å². The summed E-state index contributed by atoms with van der Waals surface area (Å²) in [5.74, 6) is 0.256. The molecule has 2 aromatic heterocycles. The number of aromatic nitrogens is 2. The lowest BCUT2D eigenvalue weighted by molar-refractivity contribution is -0.130. The van der Waals surface area contributed by atoms with Crippen LogP contribution in [0.15, 0.2) is 29.9 Å². The van der Waals surface area contributed by atoms with Crippen molar-refractivity contribution in [3.05, 3.63) is 40.3 Å². The van der Waals surface area contributed by atoms with E-state index in [9.17, 15) is 4.79 Å². The first kappa shape index (κ1) is 17.2. The molecule has 0 atom stereocenters. The van der Waals surface area contributed by atoms with Crippen LogP contribution in [0.5, 0.6) is 0 Å². The molecule has 0 N–H and O–H groups in total. The van der Waals surface area contributed by atoms with Gasteiger partial charge in [0.05, 0.1) is 12.6 Å². The Hall–Kier alpha value is -1.66. The van der Waals surface area contributed by atoms with E-state index in [-0.39, 0.29) is 5.91 Å². The normalized spacial score (nSPS) is 16.5. The predicted octanol–water partition coefficient (Wildman–Crippen LogP) is 2.80. The summed E-state index contributed by atoms with van der Waals surface area (Å²) in [7, 11) is 0. The summed E-state index contributed by atoms with van der Waals surface area (Å²) in [6.07, 6.45) is 5.67. The smallest absolute Gasteiger partial charge is 0.227 e. The average molecular weight is 347 g/mol. The zero-order valence-corrected chi connectivity index (χ0v) is 15.3. The van der Waals surface area contributed by atoms with Crippen LogP contribution in [0.1, 0.15) is 36.8 Å². The molecule has 6 heteroatoms. The second-order valence-corrected chi connectivity index (χ2v) is 7.72. The molecule has 1 saturated heterocycles. The Morgan fingerprint density at radius 3 is 2.88 bits per heavy atom. The van der Waals surface area contributed by atoms with Crippen molar-refractivity contribution in [1.82, 2.24) is 19.6 Å². The molecule has 1 amide bonds. The van der Waals surface area contributed by atoms with Crippen LogP contribution in [0.2, 0.25) is 0 Å². The maximum atomic E-state index is 12.5. The highest BCUT2D eigenvalue weighted by atomic mass is 32.1. The van der Waals surface area contributed by atoms with Gasteiger partial charge in [0.25, 0.3) is 0 Å². The number of carbonyl (C=O) groups is 1. The van der Waals surface area contributed by atoms with Crippen LogP contribution < -0.4 is 0 Å². The molecule has 0 unspecified atom stereocenters. The summed E-state index contributed by atoms with van der Waals surface area (Å²) in [5, 5.41) is 6.45. The quantitative estimate of drug-likeness (QED) is 0.836. The number of rotatable bonds is 5. The van der Waals surface area contributed by atoms with Gasteiger partial charge < -0.3 is 4.90 Å². The van der Waals surface area contributed by atoms with Crippen LogP contribution >= 0.6 is 11.3 Å². The van der Waals surface area contributed by atoms with E-state index in [2.05, 4.69) is 30.0 Å². The summed E-state index contributed by atoms with van der Waals surface area (Å²) in [5.41, 5.74) is 1.25.